The highest BCUT2D eigenvalue weighted by Crippen LogP contribution is 2.28. The van der Waals surface area contributed by atoms with Crippen LogP contribution in [0.3, 0.4) is 0 Å². The number of nitrogens with zero attached hydrogens (tertiary/aromatic N) is 4. The van der Waals surface area contributed by atoms with E-state index in [2.05, 4.69) is 20.6 Å². The number of aryl methyl sites for hydroxylation is 1. The molecule has 0 bridgehead atoms. The molecule has 2 aromatic heterocycles. The van der Waals surface area contributed by atoms with Crippen molar-refractivity contribution in [3.8, 4) is 17.2 Å². The lowest BCUT2D eigenvalue weighted by atomic mass is 9.93. The van der Waals surface area contributed by atoms with Crippen LogP contribution in [-0.4, -0.2) is 42.7 Å². The lowest BCUT2D eigenvalue weighted by Crippen LogP contribution is -2.29. The van der Waals surface area contributed by atoms with Crippen molar-refractivity contribution in [1.29, 1.82) is 0 Å². The molecule has 0 spiro atoms. The number of primary amides is 1. The van der Waals surface area contributed by atoms with E-state index in [0.717, 1.165) is 31.4 Å². The van der Waals surface area contributed by atoms with Gasteiger partial charge in [0.25, 0.3) is 5.91 Å². The van der Waals surface area contributed by atoms with Crippen LogP contribution >= 0.6 is 0 Å². The fourth-order valence-corrected chi connectivity index (χ4v) is 4.48. The van der Waals surface area contributed by atoms with E-state index < -0.39 is 5.91 Å². The lowest BCUT2D eigenvalue weighted by molar-refractivity contribution is 0.0996. The number of benzene rings is 2. The Bertz CT molecular complexity index is 1370. The van der Waals surface area contributed by atoms with E-state index in [1.165, 1.54) is 0 Å². The van der Waals surface area contributed by atoms with Crippen LogP contribution in [0.25, 0.3) is 5.69 Å². The number of nitrogens with one attached hydrogen (secondary N) is 2. The van der Waals surface area contributed by atoms with Gasteiger partial charge in [-0.2, -0.15) is 0 Å². The van der Waals surface area contributed by atoms with Crippen LogP contribution in [-0.2, 0) is 6.42 Å². The summed E-state index contributed by atoms with van der Waals surface area (Å²) < 4.78 is 7.89. The van der Waals surface area contributed by atoms with E-state index in [1.807, 2.05) is 66.2 Å². The Kier molecular flexibility index (Phi) is 7.50. The number of hydrogen-bond acceptors (Lipinski definition) is 8. The highest BCUT2D eigenvalue weighted by Gasteiger charge is 2.23. The summed E-state index contributed by atoms with van der Waals surface area (Å²) in [4.78, 5) is 25.5. The van der Waals surface area contributed by atoms with E-state index >= 15 is 0 Å². The first-order valence-corrected chi connectivity index (χ1v) is 12.8. The van der Waals surface area contributed by atoms with Crippen molar-refractivity contribution in [2.24, 2.45) is 5.73 Å². The van der Waals surface area contributed by atoms with Crippen LogP contribution < -0.4 is 21.1 Å². The lowest BCUT2D eigenvalue weighted by Gasteiger charge is -2.27. The van der Waals surface area contributed by atoms with Crippen molar-refractivity contribution < 1.29 is 14.6 Å². The highest BCUT2D eigenvalue weighted by atomic mass is 16.5. The second-order valence-corrected chi connectivity index (χ2v) is 9.30. The average Bonchev–Trinajstić information content (AvgIpc) is 3.47. The number of aliphatic hydroxyl groups excluding tert-OH is 1. The Hall–Kier alpha value is -4.44. The van der Waals surface area contributed by atoms with Crippen LogP contribution in [0.5, 0.6) is 11.5 Å². The molecule has 196 valence electrons. The number of rotatable bonds is 9. The third kappa shape index (κ3) is 5.92. The van der Waals surface area contributed by atoms with Crippen LogP contribution in [0, 0.1) is 0 Å². The second-order valence-electron chi connectivity index (χ2n) is 9.30. The third-order valence-corrected chi connectivity index (χ3v) is 6.57. The normalized spacial score (nSPS) is 17.1. The predicted molar refractivity (Wildman–Crippen MR) is 145 cm³/mol. The van der Waals surface area contributed by atoms with Gasteiger partial charge < -0.3 is 30.8 Å². The number of aromatic nitrogens is 4. The Labute approximate surface area is 220 Å². The summed E-state index contributed by atoms with van der Waals surface area (Å²) in [5.74, 6) is 1.63. The van der Waals surface area contributed by atoms with Gasteiger partial charge in [-0.25, -0.2) is 15.0 Å². The van der Waals surface area contributed by atoms with Gasteiger partial charge in [0.1, 0.15) is 17.3 Å². The Morgan fingerprint density at radius 2 is 1.71 bits per heavy atom. The predicted octanol–water partition coefficient (Wildman–Crippen LogP) is 4.57. The monoisotopic (exact) mass is 513 g/mol. The molecular weight excluding hydrogens is 482 g/mol. The van der Waals surface area contributed by atoms with Crippen LogP contribution in [0.2, 0.25) is 0 Å². The van der Waals surface area contributed by atoms with E-state index in [-0.39, 0.29) is 23.7 Å². The molecule has 1 fully saturated rings. The summed E-state index contributed by atoms with van der Waals surface area (Å²) in [6, 6.07) is 15.2. The Balaban J connectivity index is 1.30. The molecule has 10 heteroatoms. The van der Waals surface area contributed by atoms with Crippen molar-refractivity contribution in [1.82, 2.24) is 19.5 Å². The molecule has 1 aliphatic rings. The minimum atomic E-state index is -0.652. The molecule has 2 heterocycles. The first-order valence-electron chi connectivity index (χ1n) is 12.8. The molecule has 0 aliphatic heterocycles. The summed E-state index contributed by atoms with van der Waals surface area (Å²) in [6.07, 6.45) is 8.90. The molecule has 38 heavy (non-hydrogen) atoms. The highest BCUT2D eigenvalue weighted by molar-refractivity contribution is 5.96. The molecule has 0 unspecified atom stereocenters. The van der Waals surface area contributed by atoms with E-state index in [0.29, 0.717) is 35.1 Å². The average molecular weight is 514 g/mol. The van der Waals surface area contributed by atoms with Gasteiger partial charge in [-0.05, 0) is 80.6 Å². The first kappa shape index (κ1) is 25.2. The number of carbonyl (C=O) groups is 1. The van der Waals surface area contributed by atoms with Gasteiger partial charge in [0, 0.05) is 29.8 Å². The number of imidazole rings is 1. The number of ether oxygens (including phenoxy) is 1. The fourth-order valence-electron chi connectivity index (χ4n) is 4.48. The van der Waals surface area contributed by atoms with Gasteiger partial charge in [0.15, 0.2) is 11.5 Å². The number of aliphatic hydroxyl groups is 1. The summed E-state index contributed by atoms with van der Waals surface area (Å²) in [6.45, 7) is 1.96. The molecule has 1 amide bonds. The molecular formula is C28H31N7O3. The van der Waals surface area contributed by atoms with E-state index in [1.54, 1.807) is 12.5 Å². The molecule has 1 saturated carbocycles. The molecule has 4 aromatic rings. The maximum atomic E-state index is 12.2. The number of anilines is 3. The number of nitrogens with two attached hydrogens (primary N) is 1. The Morgan fingerprint density at radius 3 is 2.32 bits per heavy atom. The van der Waals surface area contributed by atoms with E-state index in [9.17, 15) is 9.90 Å². The van der Waals surface area contributed by atoms with E-state index in [4.69, 9.17) is 15.5 Å². The second kappa shape index (κ2) is 11.3. The number of hydrogen-bond donors (Lipinski definition) is 4. The zero-order chi connectivity index (χ0) is 26.5. The zero-order valence-electron chi connectivity index (χ0n) is 21.2. The van der Waals surface area contributed by atoms with Gasteiger partial charge >= 0.3 is 0 Å². The van der Waals surface area contributed by atoms with Crippen molar-refractivity contribution in [3.63, 3.8) is 0 Å². The molecule has 0 atom stereocenters. The zero-order valence-corrected chi connectivity index (χ0v) is 21.2. The fraction of sp³-hybridized carbons (Fsp3) is 0.286. The smallest absolute Gasteiger partial charge is 0.271 e. The minimum absolute atomic E-state index is 0.0878. The number of carbonyl (C=O) groups excluding carboxylic acids is 1. The van der Waals surface area contributed by atoms with Gasteiger partial charge in [-0.3, -0.25) is 4.79 Å². The topological polar surface area (TPSA) is 140 Å². The van der Waals surface area contributed by atoms with Crippen LogP contribution in [0.15, 0.2) is 67.3 Å². The van der Waals surface area contributed by atoms with Gasteiger partial charge in [-0.1, -0.05) is 6.92 Å². The summed E-state index contributed by atoms with van der Waals surface area (Å²) in [5.41, 5.74) is 8.10. The maximum Gasteiger partial charge on any atom is 0.271 e. The molecule has 0 radical (unpaired) electrons. The van der Waals surface area contributed by atoms with Crippen LogP contribution in [0.1, 0.15) is 48.8 Å². The minimum Gasteiger partial charge on any atom is -0.457 e. The molecule has 1 aliphatic carbocycles. The summed E-state index contributed by atoms with van der Waals surface area (Å²) in [7, 11) is 0. The van der Waals surface area contributed by atoms with Crippen molar-refractivity contribution in [3.05, 3.63) is 78.6 Å². The summed E-state index contributed by atoms with van der Waals surface area (Å²) >= 11 is 0. The largest absolute Gasteiger partial charge is 0.457 e. The van der Waals surface area contributed by atoms with Crippen molar-refractivity contribution in [2.75, 3.05) is 10.6 Å². The Morgan fingerprint density at radius 1 is 1.03 bits per heavy atom. The standard InChI is InChI=1S/C28H31N7O3/c1-2-24-27(31-18-3-9-21(36)10-4-18)34-28(25(33-24)26(29)37)32-19-5-11-22(12-6-19)38-23-13-7-20(8-14-23)35-16-15-30-17-35/h5-8,11-18,21,36H,2-4,9-10H2,1H3,(H2,29,37)(H2,31,32,34). The van der Waals surface area contributed by atoms with Gasteiger partial charge in [0.05, 0.1) is 18.1 Å². The quantitative estimate of drug-likeness (QED) is 0.255. The molecule has 10 nitrogen and oxygen atoms in total. The first-order chi connectivity index (χ1) is 18.5. The van der Waals surface area contributed by atoms with Gasteiger partial charge in [0.2, 0.25) is 0 Å². The SMILES string of the molecule is CCc1nc(C(N)=O)c(Nc2ccc(Oc3ccc(-n4ccnc4)cc3)cc2)nc1NC1CCC(O)CC1. The molecule has 2 aromatic carbocycles. The third-order valence-electron chi connectivity index (χ3n) is 6.57. The van der Waals surface area contributed by atoms with Gasteiger partial charge in [-0.15, -0.1) is 0 Å². The van der Waals surface area contributed by atoms with Crippen LogP contribution in [0.4, 0.5) is 17.3 Å². The van der Waals surface area contributed by atoms with Crippen molar-refractivity contribution in [2.45, 2.75) is 51.2 Å². The van der Waals surface area contributed by atoms with Crippen molar-refractivity contribution >= 4 is 23.2 Å². The molecule has 5 N–H and O–H groups in total. The summed E-state index contributed by atoms with van der Waals surface area (Å²) in [5, 5.41) is 16.5. The maximum absolute atomic E-state index is 12.2. The number of amides is 1. The molecule has 5 rings (SSSR count). The molecule has 0 saturated heterocycles.